The summed E-state index contributed by atoms with van der Waals surface area (Å²) in [6.45, 7) is 0.762. The number of aliphatic hydroxyl groups excluding tert-OH is 1. The predicted molar refractivity (Wildman–Crippen MR) is 105 cm³/mol. The first kappa shape index (κ1) is 18.4. The monoisotopic (exact) mass is 383 g/mol. The van der Waals surface area contributed by atoms with Crippen molar-refractivity contribution in [1.29, 1.82) is 0 Å². The third-order valence-corrected chi connectivity index (χ3v) is 6.77. The maximum Gasteiger partial charge on any atom is 0.256 e. The van der Waals surface area contributed by atoms with Gasteiger partial charge in [0, 0.05) is 24.3 Å². The summed E-state index contributed by atoms with van der Waals surface area (Å²) in [5.74, 6) is 0.999. The lowest BCUT2D eigenvalue weighted by molar-refractivity contribution is 0.0524. The van der Waals surface area contributed by atoms with Crippen molar-refractivity contribution in [3.05, 3.63) is 53.7 Å². The number of aliphatic hydroxyl groups is 1. The fraction of sp³-hybridized carbons (Fsp3) is 0.476. The standard InChI is InChI=1S/C21H25N3O2S/c25-19-10-4-8-16(19)18-9-5-13-24(18)21(26)17-11-12-22-23-20(17)27-14-15-6-2-1-3-7-15/h1-3,6-7,11-12,16,18-19,25H,4-5,8-10,13-14H2. The molecule has 4 rings (SSSR count). The first-order valence-electron chi connectivity index (χ1n) is 9.71. The van der Waals surface area contributed by atoms with Crippen LogP contribution in [0.2, 0.25) is 0 Å². The molecule has 27 heavy (non-hydrogen) atoms. The third kappa shape index (κ3) is 4.01. The van der Waals surface area contributed by atoms with E-state index in [1.807, 2.05) is 23.1 Å². The molecule has 2 aromatic rings. The molecule has 1 aromatic carbocycles. The molecule has 0 bridgehead atoms. The average Bonchev–Trinajstić information content (AvgIpc) is 3.35. The van der Waals surface area contributed by atoms with Crippen LogP contribution in [0.5, 0.6) is 0 Å². The Morgan fingerprint density at radius 1 is 1.15 bits per heavy atom. The Bertz CT molecular complexity index is 786. The predicted octanol–water partition coefficient (Wildman–Crippen LogP) is 3.53. The summed E-state index contributed by atoms with van der Waals surface area (Å²) >= 11 is 1.55. The molecule has 142 valence electrons. The largest absolute Gasteiger partial charge is 0.393 e. The van der Waals surface area contributed by atoms with Gasteiger partial charge in [0.1, 0.15) is 5.03 Å². The zero-order valence-corrected chi connectivity index (χ0v) is 16.1. The van der Waals surface area contributed by atoms with E-state index in [1.165, 1.54) is 5.56 Å². The maximum atomic E-state index is 13.3. The Morgan fingerprint density at radius 3 is 2.78 bits per heavy atom. The first-order chi connectivity index (χ1) is 13.2. The topological polar surface area (TPSA) is 66.3 Å². The molecule has 2 aliphatic rings. The van der Waals surface area contributed by atoms with Crippen LogP contribution in [0.25, 0.3) is 0 Å². The van der Waals surface area contributed by atoms with Gasteiger partial charge < -0.3 is 10.0 Å². The van der Waals surface area contributed by atoms with Gasteiger partial charge in [-0.05, 0) is 37.3 Å². The van der Waals surface area contributed by atoms with Crippen LogP contribution >= 0.6 is 11.8 Å². The van der Waals surface area contributed by atoms with Crippen LogP contribution in [0.3, 0.4) is 0 Å². The van der Waals surface area contributed by atoms with Gasteiger partial charge in [-0.25, -0.2) is 0 Å². The second-order valence-corrected chi connectivity index (χ2v) is 8.36. The number of likely N-dealkylation sites (tertiary alicyclic amines) is 1. The number of carbonyl (C=O) groups excluding carboxylic acids is 1. The molecule has 1 aliphatic heterocycles. The highest BCUT2D eigenvalue weighted by Crippen LogP contribution is 2.37. The lowest BCUT2D eigenvalue weighted by Gasteiger charge is -2.31. The van der Waals surface area contributed by atoms with Gasteiger partial charge in [0.25, 0.3) is 5.91 Å². The molecule has 1 aliphatic carbocycles. The number of amides is 1. The van der Waals surface area contributed by atoms with E-state index in [1.54, 1.807) is 24.0 Å². The molecule has 0 spiro atoms. The fourth-order valence-electron chi connectivity index (χ4n) is 4.38. The number of aromatic nitrogens is 2. The molecule has 3 unspecified atom stereocenters. The molecule has 1 saturated carbocycles. The van der Waals surface area contributed by atoms with Crippen molar-refractivity contribution in [3.8, 4) is 0 Å². The van der Waals surface area contributed by atoms with Crippen molar-refractivity contribution in [2.75, 3.05) is 6.54 Å². The molecule has 2 fully saturated rings. The minimum absolute atomic E-state index is 0.0297. The smallest absolute Gasteiger partial charge is 0.256 e. The van der Waals surface area contributed by atoms with E-state index < -0.39 is 0 Å². The van der Waals surface area contributed by atoms with E-state index in [-0.39, 0.29) is 24.0 Å². The molecule has 1 amide bonds. The zero-order valence-electron chi connectivity index (χ0n) is 15.3. The summed E-state index contributed by atoms with van der Waals surface area (Å²) in [5, 5.41) is 19.2. The summed E-state index contributed by atoms with van der Waals surface area (Å²) < 4.78 is 0. The van der Waals surface area contributed by atoms with Gasteiger partial charge in [-0.1, -0.05) is 48.5 Å². The Hall–Kier alpha value is -1.92. The van der Waals surface area contributed by atoms with Crippen molar-refractivity contribution in [2.24, 2.45) is 5.92 Å². The zero-order chi connectivity index (χ0) is 18.6. The van der Waals surface area contributed by atoms with Gasteiger partial charge in [-0.3, -0.25) is 4.79 Å². The van der Waals surface area contributed by atoms with E-state index in [2.05, 4.69) is 22.3 Å². The molecule has 3 atom stereocenters. The highest BCUT2D eigenvalue weighted by Gasteiger charge is 2.40. The van der Waals surface area contributed by atoms with Gasteiger partial charge in [0.05, 0.1) is 17.9 Å². The summed E-state index contributed by atoms with van der Waals surface area (Å²) in [5.41, 5.74) is 1.82. The molecule has 1 N–H and O–H groups in total. The second-order valence-electron chi connectivity index (χ2n) is 7.39. The minimum Gasteiger partial charge on any atom is -0.393 e. The van der Waals surface area contributed by atoms with Crippen LogP contribution in [0.1, 0.15) is 48.0 Å². The lowest BCUT2D eigenvalue weighted by Crippen LogP contribution is -2.42. The number of hydrogen-bond donors (Lipinski definition) is 1. The van der Waals surface area contributed by atoms with Crippen molar-refractivity contribution in [3.63, 3.8) is 0 Å². The summed E-state index contributed by atoms with van der Waals surface area (Å²) in [6.07, 6.45) is 6.24. The SMILES string of the molecule is O=C(c1ccnnc1SCc1ccccc1)N1CCCC1C1CCCC1O. The van der Waals surface area contributed by atoms with Crippen LogP contribution in [0.4, 0.5) is 0 Å². The number of benzene rings is 1. The Morgan fingerprint density at radius 2 is 2.00 bits per heavy atom. The molecule has 1 saturated heterocycles. The van der Waals surface area contributed by atoms with E-state index in [9.17, 15) is 9.90 Å². The van der Waals surface area contributed by atoms with Gasteiger partial charge in [-0.2, -0.15) is 5.10 Å². The van der Waals surface area contributed by atoms with E-state index >= 15 is 0 Å². The molecule has 1 aromatic heterocycles. The number of thioether (sulfide) groups is 1. The maximum absolute atomic E-state index is 13.3. The van der Waals surface area contributed by atoms with Gasteiger partial charge in [0.2, 0.25) is 0 Å². The van der Waals surface area contributed by atoms with E-state index in [0.29, 0.717) is 10.6 Å². The summed E-state index contributed by atoms with van der Waals surface area (Å²) in [7, 11) is 0. The Balaban J connectivity index is 1.51. The Labute approximate surface area is 164 Å². The summed E-state index contributed by atoms with van der Waals surface area (Å²) in [4.78, 5) is 15.3. The van der Waals surface area contributed by atoms with Crippen molar-refractivity contribution in [2.45, 2.75) is 55.0 Å². The number of hydrogen-bond acceptors (Lipinski definition) is 5. The van der Waals surface area contributed by atoms with Crippen molar-refractivity contribution >= 4 is 17.7 Å². The van der Waals surface area contributed by atoms with Crippen LogP contribution in [0, 0.1) is 5.92 Å². The number of rotatable bonds is 5. The second kappa shape index (κ2) is 8.40. The molecule has 0 radical (unpaired) electrons. The number of carbonyl (C=O) groups is 1. The lowest BCUT2D eigenvalue weighted by atomic mass is 9.94. The highest BCUT2D eigenvalue weighted by atomic mass is 32.2. The van der Waals surface area contributed by atoms with Crippen molar-refractivity contribution in [1.82, 2.24) is 15.1 Å². The molecule has 2 heterocycles. The third-order valence-electron chi connectivity index (χ3n) is 5.72. The quantitative estimate of drug-likeness (QED) is 0.800. The fourth-order valence-corrected chi connectivity index (χ4v) is 5.29. The van der Waals surface area contributed by atoms with Crippen LogP contribution in [0.15, 0.2) is 47.6 Å². The average molecular weight is 384 g/mol. The summed E-state index contributed by atoms with van der Waals surface area (Å²) in [6, 6.07) is 12.1. The normalized spacial score (nSPS) is 25.1. The van der Waals surface area contributed by atoms with Crippen LogP contribution < -0.4 is 0 Å². The Kier molecular flexibility index (Phi) is 5.74. The van der Waals surface area contributed by atoms with Crippen LogP contribution in [-0.2, 0) is 5.75 Å². The molecule has 5 nitrogen and oxygen atoms in total. The first-order valence-corrected chi connectivity index (χ1v) is 10.7. The highest BCUT2D eigenvalue weighted by molar-refractivity contribution is 7.98. The van der Waals surface area contributed by atoms with Crippen molar-refractivity contribution < 1.29 is 9.90 Å². The molecular formula is C21H25N3O2S. The van der Waals surface area contributed by atoms with E-state index in [0.717, 1.165) is 44.4 Å². The number of nitrogens with zero attached hydrogens (tertiary/aromatic N) is 3. The molecular weight excluding hydrogens is 358 g/mol. The van der Waals surface area contributed by atoms with Gasteiger partial charge in [0.15, 0.2) is 0 Å². The van der Waals surface area contributed by atoms with Crippen LogP contribution in [-0.4, -0.2) is 44.8 Å². The van der Waals surface area contributed by atoms with E-state index in [4.69, 9.17) is 0 Å². The minimum atomic E-state index is -0.272. The van der Waals surface area contributed by atoms with Gasteiger partial charge >= 0.3 is 0 Å². The van der Waals surface area contributed by atoms with Gasteiger partial charge in [-0.15, -0.1) is 5.10 Å². The molecule has 6 heteroatoms.